The smallest absolute Gasteiger partial charge is 0.234 e. The third-order valence-corrected chi connectivity index (χ3v) is 3.82. The van der Waals surface area contributed by atoms with Crippen LogP contribution in [-0.4, -0.2) is 19.8 Å². The van der Waals surface area contributed by atoms with Gasteiger partial charge in [-0.2, -0.15) is 9.61 Å². The number of anilines is 1. The fourth-order valence-electron chi connectivity index (χ4n) is 1.55. The number of nitrogens with two attached hydrogens (primary N) is 1. The zero-order valence-electron chi connectivity index (χ0n) is 8.88. The molecule has 0 bridgehead atoms. The highest BCUT2D eigenvalue weighted by atomic mass is 79.9. The van der Waals surface area contributed by atoms with Crippen LogP contribution in [0.25, 0.3) is 15.5 Å². The molecule has 0 radical (unpaired) electrons. The number of hydrogen-bond acceptors (Lipinski definition) is 5. The number of hydrogen-bond donors (Lipinski definition) is 1. The van der Waals surface area contributed by atoms with Crippen LogP contribution >= 0.6 is 27.3 Å². The molecular weight excluding hydrogens is 302 g/mol. The van der Waals surface area contributed by atoms with Gasteiger partial charge in [0, 0.05) is 15.7 Å². The SMILES string of the molecule is Cc1nnc2sc(-c3ccc(Br)cc3N)nn12. The minimum absolute atomic E-state index is 0.696. The first-order valence-electron chi connectivity index (χ1n) is 4.89. The van der Waals surface area contributed by atoms with Gasteiger partial charge >= 0.3 is 0 Å². The van der Waals surface area contributed by atoms with Gasteiger partial charge in [-0.25, -0.2) is 0 Å². The molecule has 0 atom stereocenters. The lowest BCUT2D eigenvalue weighted by Crippen LogP contribution is -1.92. The molecule has 2 heterocycles. The zero-order chi connectivity index (χ0) is 12.0. The summed E-state index contributed by atoms with van der Waals surface area (Å²) in [7, 11) is 0. The van der Waals surface area contributed by atoms with Crippen LogP contribution in [0.15, 0.2) is 22.7 Å². The molecule has 0 fully saturated rings. The van der Waals surface area contributed by atoms with Crippen molar-refractivity contribution in [2.75, 3.05) is 5.73 Å². The normalized spacial score (nSPS) is 11.2. The molecule has 5 nitrogen and oxygen atoms in total. The molecule has 2 N–H and O–H groups in total. The molecular formula is C10H8BrN5S. The average Bonchev–Trinajstić information content (AvgIpc) is 2.81. The average molecular weight is 310 g/mol. The quantitative estimate of drug-likeness (QED) is 0.701. The van der Waals surface area contributed by atoms with Crippen LogP contribution in [0.3, 0.4) is 0 Å². The Morgan fingerprint density at radius 2 is 2.18 bits per heavy atom. The molecule has 0 aliphatic carbocycles. The molecule has 1 aromatic carbocycles. The summed E-state index contributed by atoms with van der Waals surface area (Å²) in [6.45, 7) is 1.87. The summed E-state index contributed by atoms with van der Waals surface area (Å²) in [6, 6.07) is 5.76. The Morgan fingerprint density at radius 1 is 1.35 bits per heavy atom. The second-order valence-corrected chi connectivity index (χ2v) is 5.45. The predicted octanol–water partition coefficient (Wildman–Crippen LogP) is 2.51. The highest BCUT2D eigenvalue weighted by Crippen LogP contribution is 2.31. The molecule has 0 saturated heterocycles. The molecule has 0 unspecified atom stereocenters. The van der Waals surface area contributed by atoms with Crippen molar-refractivity contribution in [2.24, 2.45) is 0 Å². The molecule has 3 rings (SSSR count). The van der Waals surface area contributed by atoms with E-state index in [1.165, 1.54) is 11.3 Å². The van der Waals surface area contributed by atoms with Crippen molar-refractivity contribution in [2.45, 2.75) is 6.92 Å². The van der Waals surface area contributed by atoms with Crippen LogP contribution in [0, 0.1) is 6.92 Å². The minimum atomic E-state index is 0.696. The molecule has 0 spiro atoms. The van der Waals surface area contributed by atoms with Crippen LogP contribution in [0.1, 0.15) is 5.82 Å². The highest BCUT2D eigenvalue weighted by Gasteiger charge is 2.12. The summed E-state index contributed by atoms with van der Waals surface area (Å²) in [4.78, 5) is 0.778. The molecule has 0 aliphatic heterocycles. The molecule has 3 aromatic rings. The van der Waals surface area contributed by atoms with E-state index in [1.807, 2.05) is 25.1 Å². The van der Waals surface area contributed by atoms with Crippen molar-refractivity contribution >= 4 is 37.9 Å². The third kappa shape index (κ3) is 1.71. The lowest BCUT2D eigenvalue weighted by atomic mass is 10.2. The lowest BCUT2D eigenvalue weighted by Gasteiger charge is -2.01. The summed E-state index contributed by atoms with van der Waals surface area (Å²) in [5.41, 5.74) is 7.59. The van der Waals surface area contributed by atoms with E-state index in [9.17, 15) is 0 Å². The van der Waals surface area contributed by atoms with E-state index in [4.69, 9.17) is 5.73 Å². The van der Waals surface area contributed by atoms with E-state index < -0.39 is 0 Å². The maximum Gasteiger partial charge on any atom is 0.234 e. The van der Waals surface area contributed by atoms with Gasteiger partial charge in [-0.05, 0) is 25.1 Å². The summed E-state index contributed by atoms with van der Waals surface area (Å²) in [5, 5.41) is 13.3. The van der Waals surface area contributed by atoms with Crippen molar-refractivity contribution in [3.8, 4) is 10.6 Å². The van der Waals surface area contributed by atoms with Crippen LogP contribution in [-0.2, 0) is 0 Å². The molecule has 86 valence electrons. The maximum atomic E-state index is 5.97. The van der Waals surface area contributed by atoms with Gasteiger partial charge < -0.3 is 5.73 Å². The molecule has 0 aliphatic rings. The largest absolute Gasteiger partial charge is 0.398 e. The minimum Gasteiger partial charge on any atom is -0.398 e. The number of fused-ring (bicyclic) bond motifs is 1. The Bertz CT molecular complexity index is 702. The Morgan fingerprint density at radius 3 is 2.88 bits per heavy atom. The van der Waals surface area contributed by atoms with E-state index in [0.29, 0.717) is 5.69 Å². The first-order valence-corrected chi connectivity index (χ1v) is 6.50. The monoisotopic (exact) mass is 309 g/mol. The second kappa shape index (κ2) is 3.78. The van der Waals surface area contributed by atoms with Crippen molar-refractivity contribution in [3.63, 3.8) is 0 Å². The zero-order valence-corrected chi connectivity index (χ0v) is 11.3. The van der Waals surface area contributed by atoms with Crippen molar-refractivity contribution < 1.29 is 0 Å². The van der Waals surface area contributed by atoms with Gasteiger partial charge in [0.05, 0.1) is 0 Å². The molecule has 0 saturated carbocycles. The third-order valence-electron chi connectivity index (χ3n) is 2.39. The van der Waals surface area contributed by atoms with Crippen molar-refractivity contribution in [1.82, 2.24) is 19.8 Å². The van der Waals surface area contributed by atoms with E-state index in [0.717, 1.165) is 25.8 Å². The van der Waals surface area contributed by atoms with E-state index in [1.54, 1.807) is 4.52 Å². The summed E-state index contributed by atoms with van der Waals surface area (Å²) < 4.78 is 2.68. The van der Waals surface area contributed by atoms with Crippen LogP contribution in [0.4, 0.5) is 5.69 Å². The lowest BCUT2D eigenvalue weighted by molar-refractivity contribution is 0.898. The Balaban J connectivity index is 2.20. The highest BCUT2D eigenvalue weighted by molar-refractivity contribution is 9.10. The van der Waals surface area contributed by atoms with E-state index >= 15 is 0 Å². The molecule has 17 heavy (non-hydrogen) atoms. The predicted molar refractivity (Wildman–Crippen MR) is 70.9 cm³/mol. The number of nitrogen functional groups attached to an aromatic ring is 1. The van der Waals surface area contributed by atoms with E-state index in [-0.39, 0.29) is 0 Å². The number of aryl methyl sites for hydroxylation is 1. The first kappa shape index (κ1) is 10.7. The van der Waals surface area contributed by atoms with Crippen LogP contribution in [0.5, 0.6) is 0 Å². The van der Waals surface area contributed by atoms with Gasteiger partial charge in [-0.3, -0.25) is 0 Å². The van der Waals surface area contributed by atoms with Gasteiger partial charge in [0.15, 0.2) is 5.82 Å². The summed E-state index contributed by atoms with van der Waals surface area (Å²) in [6.07, 6.45) is 0. The van der Waals surface area contributed by atoms with Gasteiger partial charge in [0.2, 0.25) is 4.96 Å². The molecule has 7 heteroatoms. The fourth-order valence-corrected chi connectivity index (χ4v) is 2.86. The maximum absolute atomic E-state index is 5.97. The van der Waals surface area contributed by atoms with Crippen molar-refractivity contribution in [1.29, 1.82) is 0 Å². The van der Waals surface area contributed by atoms with Crippen LogP contribution in [0.2, 0.25) is 0 Å². The number of benzene rings is 1. The Kier molecular flexibility index (Phi) is 2.37. The number of aromatic nitrogens is 4. The fraction of sp³-hybridized carbons (Fsp3) is 0.100. The Hall–Kier alpha value is -1.47. The van der Waals surface area contributed by atoms with Gasteiger partial charge in [-0.1, -0.05) is 27.3 Å². The second-order valence-electron chi connectivity index (χ2n) is 3.58. The van der Waals surface area contributed by atoms with Crippen molar-refractivity contribution in [3.05, 3.63) is 28.5 Å². The molecule has 2 aromatic heterocycles. The standard InChI is InChI=1S/C10H8BrN5S/c1-5-13-14-10-16(5)15-9(17-10)7-3-2-6(11)4-8(7)12/h2-4H,12H2,1H3. The number of rotatable bonds is 1. The number of halogens is 1. The number of nitrogens with zero attached hydrogens (tertiary/aromatic N) is 4. The van der Waals surface area contributed by atoms with Gasteiger partial charge in [-0.15, -0.1) is 10.2 Å². The Labute approximate surface area is 109 Å². The first-order chi connectivity index (χ1) is 8.15. The van der Waals surface area contributed by atoms with Crippen LogP contribution < -0.4 is 5.73 Å². The van der Waals surface area contributed by atoms with E-state index in [2.05, 4.69) is 31.2 Å². The van der Waals surface area contributed by atoms with Gasteiger partial charge in [0.1, 0.15) is 5.01 Å². The van der Waals surface area contributed by atoms with Gasteiger partial charge in [0.25, 0.3) is 0 Å². The topological polar surface area (TPSA) is 69.1 Å². The summed E-state index contributed by atoms with van der Waals surface area (Å²) in [5.74, 6) is 0.776. The molecule has 0 amide bonds. The summed E-state index contributed by atoms with van der Waals surface area (Å²) >= 11 is 4.86.